The molecule has 2 heterocycles. The molecule has 0 atom stereocenters. The molecular weight excluding hydrogens is 500 g/mol. The number of aryl methyl sites for hydroxylation is 2. The predicted molar refractivity (Wildman–Crippen MR) is 150 cm³/mol. The number of aromatic nitrogens is 1. The normalized spacial score (nSPS) is 13.5. The van der Waals surface area contributed by atoms with Crippen molar-refractivity contribution in [1.29, 1.82) is 0 Å². The molecule has 1 aliphatic carbocycles. The van der Waals surface area contributed by atoms with E-state index in [1.165, 1.54) is 12.0 Å². The van der Waals surface area contributed by atoms with Gasteiger partial charge in [-0.3, -0.25) is 9.59 Å². The van der Waals surface area contributed by atoms with Gasteiger partial charge in [-0.1, -0.05) is 26.0 Å². The molecule has 3 aromatic rings. The Kier molecular flexibility index (Phi) is 8.71. The first-order valence-corrected chi connectivity index (χ1v) is 14.4. The van der Waals surface area contributed by atoms with Crippen LogP contribution in [0.15, 0.2) is 33.5 Å². The monoisotopic (exact) mass is 538 g/mol. The maximum Gasteiger partial charge on any atom is 0.348 e. The fourth-order valence-corrected chi connectivity index (χ4v) is 6.55. The average Bonchev–Trinajstić information content (AvgIpc) is 3.30. The van der Waals surface area contributed by atoms with Gasteiger partial charge in [-0.05, 0) is 82.1 Å². The molecule has 38 heavy (non-hydrogen) atoms. The molecule has 0 radical (unpaired) electrons. The number of benzene rings is 1. The molecule has 7 nitrogen and oxygen atoms in total. The Labute approximate surface area is 228 Å². The standard InChI is InChI=1S/C30H38N2O5S/c1-6-21(7-2)32(24(33)15-16-30(3,4)29(35)36-5)18-19-11-10-12-20(17-19)26-31-27-25(28(34)37-26)22-13-8-9-14-23(22)38-27/h10-12,17,21H,6-9,13-16,18H2,1-5H3. The quantitative estimate of drug-likeness (QED) is 0.282. The van der Waals surface area contributed by atoms with Crippen molar-refractivity contribution in [3.8, 4) is 11.5 Å². The molecular formula is C30H38N2O5S. The van der Waals surface area contributed by atoms with Gasteiger partial charge in [-0.2, -0.15) is 0 Å². The summed E-state index contributed by atoms with van der Waals surface area (Å²) in [7, 11) is 1.37. The molecule has 0 saturated carbocycles. The number of fused-ring (bicyclic) bond motifs is 3. The number of hydrogen-bond donors (Lipinski definition) is 0. The second-order valence-electron chi connectivity index (χ2n) is 10.8. The summed E-state index contributed by atoms with van der Waals surface area (Å²) in [5, 5.41) is 0.644. The number of ether oxygens (including phenoxy) is 1. The van der Waals surface area contributed by atoms with Gasteiger partial charge in [-0.15, -0.1) is 11.3 Å². The van der Waals surface area contributed by atoms with Crippen LogP contribution in [0.5, 0.6) is 0 Å². The van der Waals surface area contributed by atoms with Gasteiger partial charge >= 0.3 is 11.6 Å². The minimum atomic E-state index is -0.729. The molecule has 0 spiro atoms. The van der Waals surface area contributed by atoms with E-state index in [2.05, 4.69) is 13.8 Å². The predicted octanol–water partition coefficient (Wildman–Crippen LogP) is 6.29. The van der Waals surface area contributed by atoms with Crippen molar-refractivity contribution in [3.63, 3.8) is 0 Å². The summed E-state index contributed by atoms with van der Waals surface area (Å²) < 4.78 is 10.6. The van der Waals surface area contributed by atoms with Crippen LogP contribution in [0.1, 0.15) is 82.2 Å². The summed E-state index contributed by atoms with van der Waals surface area (Å²) in [5.41, 5.74) is 1.72. The SMILES string of the molecule is CCC(CC)N(Cc1cccc(-c2nc3sc4c(c3c(=O)o2)CCCC4)c1)C(=O)CCC(C)(C)C(=O)OC. The van der Waals surface area contributed by atoms with Crippen LogP contribution in [-0.4, -0.2) is 34.9 Å². The number of nitrogens with zero attached hydrogens (tertiary/aromatic N) is 2. The van der Waals surface area contributed by atoms with Gasteiger partial charge in [0.05, 0.1) is 12.5 Å². The lowest BCUT2D eigenvalue weighted by atomic mass is 9.87. The molecule has 0 fully saturated rings. The Hall–Kier alpha value is -3.00. The largest absolute Gasteiger partial charge is 0.469 e. The average molecular weight is 539 g/mol. The zero-order chi connectivity index (χ0) is 27.4. The minimum absolute atomic E-state index is 0.0105. The lowest BCUT2D eigenvalue weighted by Gasteiger charge is -2.32. The summed E-state index contributed by atoms with van der Waals surface area (Å²) in [6.07, 6.45) is 6.48. The Morgan fingerprint density at radius 3 is 2.63 bits per heavy atom. The number of methoxy groups -OCH3 is 1. The maximum atomic E-state index is 13.4. The van der Waals surface area contributed by atoms with Crippen molar-refractivity contribution in [2.45, 2.75) is 91.6 Å². The first-order valence-electron chi connectivity index (χ1n) is 13.6. The highest BCUT2D eigenvalue weighted by molar-refractivity contribution is 7.18. The molecule has 204 valence electrons. The zero-order valence-electron chi connectivity index (χ0n) is 23.1. The number of esters is 1. The van der Waals surface area contributed by atoms with Gasteiger partial charge in [-0.25, -0.2) is 9.78 Å². The molecule has 4 rings (SSSR count). The number of rotatable bonds is 10. The lowest BCUT2D eigenvalue weighted by molar-refractivity contribution is -0.151. The summed E-state index contributed by atoms with van der Waals surface area (Å²) in [4.78, 5) is 47.1. The third-order valence-corrected chi connectivity index (χ3v) is 8.87. The molecule has 0 aliphatic heterocycles. The van der Waals surface area contributed by atoms with Crippen molar-refractivity contribution < 1.29 is 18.7 Å². The molecule has 1 aliphatic rings. The number of carbonyl (C=O) groups is 2. The summed E-state index contributed by atoms with van der Waals surface area (Å²) >= 11 is 1.61. The van der Waals surface area contributed by atoms with Gasteiger partial charge in [0.2, 0.25) is 11.8 Å². The van der Waals surface area contributed by atoms with Gasteiger partial charge in [0.1, 0.15) is 10.2 Å². The fourth-order valence-electron chi connectivity index (χ4n) is 5.31. The Morgan fingerprint density at radius 1 is 1.18 bits per heavy atom. The van der Waals surface area contributed by atoms with Crippen LogP contribution in [0.25, 0.3) is 21.7 Å². The number of amides is 1. The van der Waals surface area contributed by atoms with Gasteiger partial charge < -0.3 is 14.1 Å². The number of hydrogen-bond acceptors (Lipinski definition) is 7. The lowest BCUT2D eigenvalue weighted by Crippen LogP contribution is -2.40. The van der Waals surface area contributed by atoms with Crippen molar-refractivity contribution >= 4 is 33.4 Å². The minimum Gasteiger partial charge on any atom is -0.469 e. The van der Waals surface area contributed by atoms with Crippen molar-refractivity contribution in [3.05, 3.63) is 50.7 Å². The maximum absolute atomic E-state index is 13.4. The van der Waals surface area contributed by atoms with E-state index in [4.69, 9.17) is 14.1 Å². The van der Waals surface area contributed by atoms with Crippen LogP contribution < -0.4 is 5.63 Å². The van der Waals surface area contributed by atoms with E-state index in [1.807, 2.05) is 29.2 Å². The Bertz CT molecular complexity index is 1370. The van der Waals surface area contributed by atoms with E-state index < -0.39 is 5.41 Å². The van der Waals surface area contributed by atoms with Crippen LogP contribution in [0.3, 0.4) is 0 Å². The Balaban J connectivity index is 1.59. The topological polar surface area (TPSA) is 89.7 Å². The molecule has 1 amide bonds. The molecule has 0 unspecified atom stereocenters. The highest BCUT2D eigenvalue weighted by Gasteiger charge is 2.31. The van der Waals surface area contributed by atoms with Crippen molar-refractivity contribution in [1.82, 2.24) is 9.88 Å². The van der Waals surface area contributed by atoms with Crippen LogP contribution >= 0.6 is 11.3 Å². The second-order valence-corrected chi connectivity index (χ2v) is 11.8. The number of thiophene rings is 1. The van der Waals surface area contributed by atoms with Crippen molar-refractivity contribution in [2.75, 3.05) is 7.11 Å². The zero-order valence-corrected chi connectivity index (χ0v) is 23.9. The van der Waals surface area contributed by atoms with Crippen LogP contribution in [-0.2, 0) is 33.7 Å². The third-order valence-electron chi connectivity index (χ3n) is 7.68. The second kappa shape index (κ2) is 11.8. The van der Waals surface area contributed by atoms with Gasteiger partial charge in [0.15, 0.2) is 0 Å². The van der Waals surface area contributed by atoms with Gasteiger partial charge in [0.25, 0.3) is 0 Å². The smallest absolute Gasteiger partial charge is 0.348 e. The van der Waals surface area contributed by atoms with Crippen LogP contribution in [0, 0.1) is 5.41 Å². The van der Waals surface area contributed by atoms with Crippen LogP contribution in [0.4, 0.5) is 0 Å². The first kappa shape index (κ1) is 28.0. The molecule has 8 heteroatoms. The highest BCUT2D eigenvalue weighted by Crippen LogP contribution is 2.35. The molecule has 0 N–H and O–H groups in total. The first-order chi connectivity index (χ1) is 18.2. The highest BCUT2D eigenvalue weighted by atomic mass is 32.1. The fraction of sp³-hybridized carbons (Fsp3) is 0.533. The Morgan fingerprint density at radius 2 is 1.92 bits per heavy atom. The van der Waals surface area contributed by atoms with E-state index in [9.17, 15) is 14.4 Å². The molecule has 2 aromatic heterocycles. The molecule has 0 saturated heterocycles. The van der Waals surface area contributed by atoms with E-state index in [-0.39, 0.29) is 30.0 Å². The van der Waals surface area contributed by atoms with E-state index in [0.717, 1.165) is 60.0 Å². The molecule has 0 bridgehead atoms. The van der Waals surface area contributed by atoms with Gasteiger partial charge in [0, 0.05) is 29.4 Å². The van der Waals surface area contributed by atoms with E-state index in [1.54, 1.807) is 25.2 Å². The summed E-state index contributed by atoms with van der Waals surface area (Å²) in [5.74, 6) is 0.00384. The van der Waals surface area contributed by atoms with E-state index >= 15 is 0 Å². The molecule has 1 aromatic carbocycles. The number of carbonyl (C=O) groups excluding carboxylic acids is 2. The van der Waals surface area contributed by atoms with Crippen molar-refractivity contribution in [2.24, 2.45) is 5.41 Å². The van der Waals surface area contributed by atoms with E-state index in [0.29, 0.717) is 24.2 Å². The summed E-state index contributed by atoms with van der Waals surface area (Å²) in [6.45, 7) is 8.20. The third kappa shape index (κ3) is 5.85. The summed E-state index contributed by atoms with van der Waals surface area (Å²) in [6, 6.07) is 7.80. The van der Waals surface area contributed by atoms with Crippen LogP contribution in [0.2, 0.25) is 0 Å².